The van der Waals surface area contributed by atoms with Gasteiger partial charge in [0.2, 0.25) is 5.91 Å². The van der Waals surface area contributed by atoms with Crippen molar-refractivity contribution in [3.8, 4) is 11.3 Å². The Hall–Kier alpha value is -3.87. The number of imidazole rings is 1. The fourth-order valence-electron chi connectivity index (χ4n) is 2.79. The van der Waals surface area contributed by atoms with Crippen molar-refractivity contribution in [1.82, 2.24) is 14.7 Å². The third-order valence-corrected chi connectivity index (χ3v) is 4.34. The lowest BCUT2D eigenvalue weighted by molar-refractivity contribution is -0.117. The van der Waals surface area contributed by atoms with E-state index in [2.05, 4.69) is 15.6 Å². The minimum Gasteiger partial charge on any atom is -0.472 e. The Morgan fingerprint density at radius 3 is 2.64 bits per heavy atom. The molecule has 140 valence electrons. The Labute approximate surface area is 161 Å². The Bertz CT molecular complexity index is 1080. The van der Waals surface area contributed by atoms with Crippen molar-refractivity contribution < 1.29 is 14.0 Å². The number of benzene rings is 1. The van der Waals surface area contributed by atoms with Crippen LogP contribution in [0, 0.1) is 0 Å². The molecule has 0 fully saturated rings. The van der Waals surface area contributed by atoms with E-state index in [4.69, 9.17) is 4.42 Å². The van der Waals surface area contributed by atoms with E-state index in [-0.39, 0.29) is 11.8 Å². The first-order valence-corrected chi connectivity index (χ1v) is 8.78. The van der Waals surface area contributed by atoms with E-state index in [0.29, 0.717) is 11.3 Å². The average Bonchev–Trinajstić information content (AvgIpc) is 3.38. The van der Waals surface area contributed by atoms with Gasteiger partial charge in [0.25, 0.3) is 5.91 Å². The normalized spacial score (nSPS) is 11.9. The highest BCUT2D eigenvalue weighted by atomic mass is 16.3. The monoisotopic (exact) mass is 374 g/mol. The molecule has 0 bridgehead atoms. The summed E-state index contributed by atoms with van der Waals surface area (Å²) in [5, 5.41) is 5.43. The molecule has 0 unspecified atom stereocenters. The molecule has 4 rings (SSSR count). The predicted octanol–water partition coefficient (Wildman–Crippen LogP) is 3.35. The van der Waals surface area contributed by atoms with Gasteiger partial charge in [0, 0.05) is 23.6 Å². The maximum absolute atomic E-state index is 12.3. The minimum atomic E-state index is -0.694. The molecule has 4 aromatic rings. The molecule has 1 aromatic carbocycles. The Balaban J connectivity index is 1.41. The van der Waals surface area contributed by atoms with Crippen LogP contribution < -0.4 is 10.6 Å². The van der Waals surface area contributed by atoms with Crippen molar-refractivity contribution in [3.05, 3.63) is 79.0 Å². The van der Waals surface area contributed by atoms with E-state index < -0.39 is 6.04 Å². The first-order chi connectivity index (χ1) is 13.6. The summed E-state index contributed by atoms with van der Waals surface area (Å²) in [5.41, 5.74) is 3.68. The summed E-state index contributed by atoms with van der Waals surface area (Å²) in [5.74, 6) is -0.670. The van der Waals surface area contributed by atoms with Crippen molar-refractivity contribution in [3.63, 3.8) is 0 Å². The van der Waals surface area contributed by atoms with Crippen LogP contribution in [0.25, 0.3) is 16.9 Å². The molecule has 28 heavy (non-hydrogen) atoms. The molecule has 7 heteroatoms. The molecular formula is C21H18N4O3. The lowest BCUT2D eigenvalue weighted by Crippen LogP contribution is -2.41. The highest BCUT2D eigenvalue weighted by molar-refractivity contribution is 6.00. The van der Waals surface area contributed by atoms with Crippen molar-refractivity contribution in [2.45, 2.75) is 13.0 Å². The van der Waals surface area contributed by atoms with Crippen molar-refractivity contribution in [2.75, 3.05) is 5.32 Å². The molecule has 3 heterocycles. The number of nitrogens with zero attached hydrogens (tertiary/aromatic N) is 2. The molecule has 3 aromatic heterocycles. The van der Waals surface area contributed by atoms with Gasteiger partial charge in [0.15, 0.2) is 0 Å². The molecule has 0 spiro atoms. The second-order valence-corrected chi connectivity index (χ2v) is 6.37. The van der Waals surface area contributed by atoms with Crippen LogP contribution in [0.15, 0.2) is 77.9 Å². The van der Waals surface area contributed by atoms with E-state index in [1.54, 1.807) is 6.92 Å². The van der Waals surface area contributed by atoms with Gasteiger partial charge in [-0.25, -0.2) is 4.98 Å². The number of pyridine rings is 1. The number of carbonyl (C=O) groups is 2. The van der Waals surface area contributed by atoms with Crippen molar-refractivity contribution in [2.24, 2.45) is 0 Å². The number of nitrogens with one attached hydrogen (secondary N) is 2. The van der Waals surface area contributed by atoms with Crippen LogP contribution in [0.4, 0.5) is 5.69 Å². The molecule has 2 amide bonds. The number of carbonyl (C=O) groups excluding carboxylic acids is 2. The number of fused-ring (bicyclic) bond motifs is 1. The topological polar surface area (TPSA) is 88.6 Å². The van der Waals surface area contributed by atoms with Crippen LogP contribution in [0.2, 0.25) is 0 Å². The van der Waals surface area contributed by atoms with Gasteiger partial charge in [-0.15, -0.1) is 0 Å². The Kier molecular flexibility index (Phi) is 4.63. The first kappa shape index (κ1) is 17.5. The lowest BCUT2D eigenvalue weighted by atomic mass is 10.1. The molecule has 0 aliphatic rings. The molecule has 2 N–H and O–H groups in total. The van der Waals surface area contributed by atoms with Crippen LogP contribution in [-0.2, 0) is 4.79 Å². The molecule has 0 aliphatic carbocycles. The molecule has 0 radical (unpaired) electrons. The van der Waals surface area contributed by atoms with E-state index in [9.17, 15) is 9.59 Å². The van der Waals surface area contributed by atoms with E-state index in [0.717, 1.165) is 16.9 Å². The zero-order valence-corrected chi connectivity index (χ0v) is 15.1. The number of hydrogen-bond donors (Lipinski definition) is 2. The fourth-order valence-corrected chi connectivity index (χ4v) is 2.79. The summed E-state index contributed by atoms with van der Waals surface area (Å²) in [6.45, 7) is 1.62. The van der Waals surface area contributed by atoms with Crippen LogP contribution in [0.3, 0.4) is 0 Å². The molecule has 7 nitrogen and oxygen atoms in total. The molecule has 0 saturated heterocycles. The highest BCUT2D eigenvalue weighted by Gasteiger charge is 2.17. The van der Waals surface area contributed by atoms with Crippen LogP contribution >= 0.6 is 0 Å². The van der Waals surface area contributed by atoms with Crippen LogP contribution in [0.1, 0.15) is 17.3 Å². The quantitative estimate of drug-likeness (QED) is 0.561. The number of furan rings is 1. The molecule has 0 saturated carbocycles. The first-order valence-electron chi connectivity index (χ1n) is 8.78. The summed E-state index contributed by atoms with van der Waals surface area (Å²) in [6.07, 6.45) is 6.64. The van der Waals surface area contributed by atoms with Crippen LogP contribution in [-0.4, -0.2) is 27.2 Å². The Morgan fingerprint density at radius 1 is 1.11 bits per heavy atom. The Morgan fingerprint density at radius 2 is 1.93 bits per heavy atom. The van der Waals surface area contributed by atoms with Gasteiger partial charge < -0.3 is 19.5 Å². The second kappa shape index (κ2) is 7.40. The third-order valence-electron chi connectivity index (χ3n) is 4.34. The van der Waals surface area contributed by atoms with E-state index in [1.165, 1.54) is 18.6 Å². The number of hydrogen-bond acceptors (Lipinski definition) is 4. The van der Waals surface area contributed by atoms with E-state index >= 15 is 0 Å². The summed E-state index contributed by atoms with van der Waals surface area (Å²) in [6, 6.07) is 14.1. The summed E-state index contributed by atoms with van der Waals surface area (Å²) in [4.78, 5) is 28.9. The average molecular weight is 374 g/mol. The number of rotatable bonds is 5. The van der Waals surface area contributed by atoms with Gasteiger partial charge in [0.1, 0.15) is 18.0 Å². The van der Waals surface area contributed by atoms with E-state index in [1.807, 2.05) is 59.3 Å². The summed E-state index contributed by atoms with van der Waals surface area (Å²) >= 11 is 0. The number of aromatic nitrogens is 2. The van der Waals surface area contributed by atoms with Gasteiger partial charge in [0.05, 0.1) is 17.5 Å². The fraction of sp³-hybridized carbons (Fsp3) is 0.0952. The standard InChI is InChI=1S/C21H18N4O3/c1-14(22-21(27)16-9-11-28-13-16)20(26)23-17-7-5-15(6-8-17)18-12-25-10-3-2-4-19(25)24-18/h2-14H,1H3,(H,22,27)(H,23,26)/t14-/m1/s1. The van der Waals surface area contributed by atoms with Gasteiger partial charge >= 0.3 is 0 Å². The van der Waals surface area contributed by atoms with Gasteiger partial charge in [-0.05, 0) is 37.3 Å². The zero-order chi connectivity index (χ0) is 19.5. The second-order valence-electron chi connectivity index (χ2n) is 6.37. The maximum atomic E-state index is 12.3. The molecule has 1 atom stereocenters. The largest absolute Gasteiger partial charge is 0.472 e. The summed E-state index contributed by atoms with van der Waals surface area (Å²) in [7, 11) is 0. The SMILES string of the molecule is C[C@@H](NC(=O)c1ccoc1)C(=O)Nc1ccc(-c2cn3ccccc3n2)cc1. The summed E-state index contributed by atoms with van der Waals surface area (Å²) < 4.78 is 6.83. The van der Waals surface area contributed by atoms with Gasteiger partial charge in [-0.2, -0.15) is 0 Å². The zero-order valence-electron chi connectivity index (χ0n) is 15.1. The highest BCUT2D eigenvalue weighted by Crippen LogP contribution is 2.21. The van der Waals surface area contributed by atoms with Crippen molar-refractivity contribution in [1.29, 1.82) is 0 Å². The maximum Gasteiger partial charge on any atom is 0.255 e. The minimum absolute atomic E-state index is 0.308. The van der Waals surface area contributed by atoms with Crippen molar-refractivity contribution >= 4 is 23.1 Å². The van der Waals surface area contributed by atoms with Crippen LogP contribution in [0.5, 0.6) is 0 Å². The smallest absolute Gasteiger partial charge is 0.255 e. The van der Waals surface area contributed by atoms with Gasteiger partial charge in [-0.3, -0.25) is 9.59 Å². The predicted molar refractivity (Wildman–Crippen MR) is 105 cm³/mol. The third kappa shape index (κ3) is 3.64. The number of amides is 2. The molecular weight excluding hydrogens is 356 g/mol. The molecule has 0 aliphatic heterocycles. The lowest BCUT2D eigenvalue weighted by Gasteiger charge is -2.13. The number of anilines is 1. The van der Waals surface area contributed by atoms with Gasteiger partial charge in [-0.1, -0.05) is 18.2 Å².